The summed E-state index contributed by atoms with van der Waals surface area (Å²) in [5.74, 6) is -6.37. The van der Waals surface area contributed by atoms with E-state index in [1.165, 1.54) is 44.3 Å². The first kappa shape index (κ1) is 32.1. The van der Waals surface area contributed by atoms with Crippen LogP contribution in [0, 0.1) is 38.0 Å². The van der Waals surface area contributed by atoms with Crippen LogP contribution in [0.3, 0.4) is 0 Å². The van der Waals surface area contributed by atoms with Gasteiger partial charge in [-0.3, -0.25) is 39.4 Å². The van der Waals surface area contributed by atoms with Gasteiger partial charge in [0.25, 0.3) is 0 Å². The van der Waals surface area contributed by atoms with E-state index >= 15 is 0 Å². The number of amides is 2. The Morgan fingerprint density at radius 1 is 1.02 bits per heavy atom. The Labute approximate surface area is 279 Å². The fraction of sp³-hybridized carbons (Fsp3) is 0.290. The number of carbonyl (C=O) groups excluding carboxylic acids is 4. The number of ether oxygens (including phenoxy) is 1. The Morgan fingerprint density at radius 2 is 1.66 bits per heavy atom. The summed E-state index contributed by atoms with van der Waals surface area (Å²) in [5, 5.41) is 34.3. The lowest BCUT2D eigenvalue weighted by atomic mass is 9.59. The normalized spacial score (nSPS) is 23.6. The second kappa shape index (κ2) is 11.4. The minimum absolute atomic E-state index is 0.0139. The first-order chi connectivity index (χ1) is 22.2. The summed E-state index contributed by atoms with van der Waals surface area (Å²) in [5.41, 5.74) is -0.674. The Kier molecular flexibility index (Phi) is 7.79. The third kappa shape index (κ3) is 4.83. The molecule has 4 aliphatic rings. The van der Waals surface area contributed by atoms with Gasteiger partial charge in [-0.15, -0.1) is 0 Å². The molecule has 1 heterocycles. The summed E-state index contributed by atoms with van der Waals surface area (Å²) in [6, 6.07) is 4.84. The number of aromatic hydroxyl groups is 1. The fourth-order valence-electron chi connectivity index (χ4n) is 7.21. The Hall–Kier alpha value is -4.89. The minimum atomic E-state index is -1.06. The fourth-order valence-corrected chi connectivity index (χ4v) is 7.88. The van der Waals surface area contributed by atoms with Crippen molar-refractivity contribution in [3.05, 3.63) is 88.4 Å². The van der Waals surface area contributed by atoms with E-state index in [2.05, 4.69) is 15.9 Å². The molecule has 3 aliphatic carbocycles. The number of methoxy groups -OCH3 is 1. The van der Waals surface area contributed by atoms with E-state index < -0.39 is 68.3 Å². The highest BCUT2D eigenvalue weighted by Gasteiger charge is 2.57. The number of halogens is 2. The number of phenolic OH excluding ortho intramolecular Hbond substituents is 1. The van der Waals surface area contributed by atoms with Crippen molar-refractivity contribution in [3.8, 4) is 11.5 Å². The maximum Gasteiger partial charge on any atom is 0.301 e. The predicted molar refractivity (Wildman–Crippen MR) is 171 cm³/mol. The third-order valence-electron chi connectivity index (χ3n) is 9.09. The number of rotatable bonds is 6. The van der Waals surface area contributed by atoms with Gasteiger partial charge < -0.3 is 14.7 Å². The molecule has 0 spiro atoms. The van der Waals surface area contributed by atoms with Crippen LogP contribution < -0.4 is 14.5 Å². The molecule has 1 aliphatic heterocycles. The number of benzene rings is 2. The zero-order valence-corrected chi connectivity index (χ0v) is 27.2. The smallest absolute Gasteiger partial charge is 0.301 e. The number of hydrogen-bond acceptors (Lipinski definition) is 11. The average molecular weight is 728 g/mol. The first-order valence-corrected chi connectivity index (χ1v) is 15.3. The molecule has 0 aromatic heterocycles. The molecule has 2 aromatic rings. The quantitative estimate of drug-likeness (QED) is 0.140. The van der Waals surface area contributed by atoms with Crippen LogP contribution in [-0.2, 0) is 19.2 Å². The van der Waals surface area contributed by atoms with Gasteiger partial charge in [-0.25, -0.2) is 4.90 Å². The number of allylic oxidation sites excluding steroid dienone is 6. The molecule has 1 fully saturated rings. The average Bonchev–Trinajstić information content (AvgIpc) is 3.28. The van der Waals surface area contributed by atoms with Gasteiger partial charge in [-0.2, -0.15) is 0 Å². The van der Waals surface area contributed by atoms with Crippen LogP contribution in [0.1, 0.15) is 24.3 Å². The Balaban J connectivity index is 1.50. The van der Waals surface area contributed by atoms with Gasteiger partial charge in [-0.05, 0) is 52.4 Å². The molecular weight excluding hydrogens is 704 g/mol. The van der Waals surface area contributed by atoms with Gasteiger partial charge in [0.05, 0.1) is 44.0 Å². The van der Waals surface area contributed by atoms with Crippen LogP contribution in [0.2, 0.25) is 5.02 Å². The van der Waals surface area contributed by atoms with Crippen LogP contribution in [0.15, 0.2) is 57.6 Å². The number of anilines is 2. The SMILES string of the molecule is COc1cc([C@H]2C3=CC[C@@H]4C(=O)N(c5cc([N+](=O)[O-])c(N(C)C)c([N+](=O)[O-])c5)C(=O)[C@@H]4[C@@H]3CC3=C2C(=O)C=C(Br)C3=O)cc(Cl)c1O. The number of imide groups is 1. The molecule has 2 amide bonds. The van der Waals surface area contributed by atoms with Gasteiger partial charge in [0.2, 0.25) is 11.8 Å². The first-order valence-electron chi connectivity index (χ1n) is 14.1. The Morgan fingerprint density at radius 3 is 2.23 bits per heavy atom. The molecule has 242 valence electrons. The lowest BCUT2D eigenvalue weighted by Gasteiger charge is -2.42. The zero-order valence-electron chi connectivity index (χ0n) is 24.9. The van der Waals surface area contributed by atoms with E-state index in [0.717, 1.165) is 17.0 Å². The summed E-state index contributed by atoms with van der Waals surface area (Å²) in [7, 11) is 4.11. The molecule has 0 unspecified atom stereocenters. The van der Waals surface area contributed by atoms with Crippen molar-refractivity contribution < 1.29 is 38.9 Å². The van der Waals surface area contributed by atoms with Crippen molar-refractivity contribution in [1.82, 2.24) is 0 Å². The minimum Gasteiger partial charge on any atom is -0.503 e. The summed E-state index contributed by atoms with van der Waals surface area (Å²) in [6.07, 6.45) is 2.89. The van der Waals surface area contributed by atoms with E-state index in [0.29, 0.717) is 11.1 Å². The highest BCUT2D eigenvalue weighted by Crippen LogP contribution is 2.57. The van der Waals surface area contributed by atoms with Gasteiger partial charge >= 0.3 is 11.4 Å². The zero-order chi connectivity index (χ0) is 34.2. The van der Waals surface area contributed by atoms with E-state index in [1.807, 2.05) is 0 Å². The second-order valence-electron chi connectivity index (χ2n) is 11.7. The standard InChI is InChI=1S/C31H24BrClN4O10/c1-34(2)27-20(36(43)44)8-13(9-21(27)37(45)46)35-30(41)15-5-4-14-16(25(15)31(35)42)10-17-26(22(38)11-18(32)28(17)39)24(14)12-6-19(33)29(40)23(7-12)47-3/h4,6-9,11,15-16,24-25,40H,5,10H2,1-3H3/t15-,16+,24-,25-/m0/s1. The molecular formula is C31H24BrClN4O10. The third-order valence-corrected chi connectivity index (χ3v) is 9.97. The molecule has 2 aromatic carbocycles. The maximum absolute atomic E-state index is 14.3. The lowest BCUT2D eigenvalue weighted by Crippen LogP contribution is -2.39. The number of hydrogen-bond donors (Lipinski definition) is 1. The van der Waals surface area contributed by atoms with Crippen LogP contribution in [0.25, 0.3) is 0 Å². The predicted octanol–water partition coefficient (Wildman–Crippen LogP) is 4.90. The molecule has 16 heteroatoms. The summed E-state index contributed by atoms with van der Waals surface area (Å²) in [4.78, 5) is 79.4. The molecule has 0 radical (unpaired) electrons. The number of Topliss-reactive ketones (excluding diaryl/α,β-unsaturated/α-hetero) is 1. The van der Waals surface area contributed by atoms with Crippen molar-refractivity contribution in [3.63, 3.8) is 0 Å². The van der Waals surface area contributed by atoms with Crippen molar-refractivity contribution in [2.75, 3.05) is 31.0 Å². The molecule has 6 rings (SSSR count). The highest BCUT2D eigenvalue weighted by molar-refractivity contribution is 9.12. The van der Waals surface area contributed by atoms with Crippen LogP contribution in [0.4, 0.5) is 22.7 Å². The highest BCUT2D eigenvalue weighted by atomic mass is 79.9. The molecule has 0 bridgehead atoms. The molecule has 47 heavy (non-hydrogen) atoms. The Bertz CT molecular complexity index is 1930. The molecule has 14 nitrogen and oxygen atoms in total. The van der Waals surface area contributed by atoms with Crippen LogP contribution in [-0.4, -0.2) is 59.5 Å². The lowest BCUT2D eigenvalue weighted by molar-refractivity contribution is -0.392. The number of nitro benzene ring substituents is 2. The molecule has 1 saturated heterocycles. The van der Waals surface area contributed by atoms with E-state index in [-0.39, 0.29) is 56.4 Å². The summed E-state index contributed by atoms with van der Waals surface area (Å²) >= 11 is 9.49. The van der Waals surface area contributed by atoms with Crippen molar-refractivity contribution in [2.45, 2.75) is 18.8 Å². The van der Waals surface area contributed by atoms with E-state index in [1.54, 1.807) is 6.08 Å². The van der Waals surface area contributed by atoms with Gasteiger partial charge in [0.15, 0.2) is 28.8 Å². The maximum atomic E-state index is 14.3. The number of phenols is 1. The number of nitro groups is 2. The van der Waals surface area contributed by atoms with Crippen LogP contribution in [0.5, 0.6) is 11.5 Å². The van der Waals surface area contributed by atoms with E-state index in [4.69, 9.17) is 16.3 Å². The number of ketones is 2. The largest absolute Gasteiger partial charge is 0.503 e. The molecule has 1 N–H and O–H groups in total. The molecule has 0 saturated carbocycles. The van der Waals surface area contributed by atoms with Gasteiger partial charge in [0.1, 0.15) is 0 Å². The number of fused-ring (bicyclic) bond motifs is 3. The monoisotopic (exact) mass is 726 g/mol. The number of carbonyl (C=O) groups is 4. The topological polar surface area (TPSA) is 190 Å². The summed E-state index contributed by atoms with van der Waals surface area (Å²) in [6.45, 7) is 0. The van der Waals surface area contributed by atoms with Crippen molar-refractivity contribution >= 4 is 73.7 Å². The van der Waals surface area contributed by atoms with Crippen LogP contribution >= 0.6 is 27.5 Å². The van der Waals surface area contributed by atoms with Crippen molar-refractivity contribution in [1.29, 1.82) is 0 Å². The van der Waals surface area contributed by atoms with Gasteiger partial charge in [0, 0.05) is 49.4 Å². The number of nitrogens with zero attached hydrogens (tertiary/aromatic N) is 4. The van der Waals surface area contributed by atoms with E-state index in [9.17, 15) is 44.5 Å². The van der Waals surface area contributed by atoms with Gasteiger partial charge in [-0.1, -0.05) is 23.3 Å². The summed E-state index contributed by atoms with van der Waals surface area (Å²) < 4.78 is 5.31. The van der Waals surface area contributed by atoms with Crippen molar-refractivity contribution in [2.24, 2.45) is 17.8 Å². The second-order valence-corrected chi connectivity index (χ2v) is 13.0. The molecule has 4 atom stereocenters.